The van der Waals surface area contributed by atoms with Crippen LogP contribution in [0.3, 0.4) is 0 Å². The fraction of sp³-hybridized carbons (Fsp3) is 0.125. The number of rotatable bonds is 2. The summed E-state index contributed by atoms with van der Waals surface area (Å²) in [6.07, 6.45) is 1.59. The first-order valence-corrected chi connectivity index (χ1v) is 3.26. The number of anilines is 1. The molecule has 0 unspecified atom stereocenters. The highest BCUT2D eigenvalue weighted by Gasteiger charge is 1.95. The summed E-state index contributed by atoms with van der Waals surface area (Å²) in [5, 5.41) is 8.73. The first-order valence-electron chi connectivity index (χ1n) is 3.26. The van der Waals surface area contributed by atoms with Gasteiger partial charge in [-0.25, -0.2) is 0 Å². The van der Waals surface area contributed by atoms with Gasteiger partial charge in [-0.15, -0.1) is 0 Å². The van der Waals surface area contributed by atoms with Gasteiger partial charge < -0.3 is 10.8 Å². The Morgan fingerprint density at radius 1 is 1.64 bits per heavy atom. The van der Waals surface area contributed by atoms with Gasteiger partial charge in [-0.2, -0.15) is 0 Å². The molecule has 0 aliphatic rings. The molecule has 0 saturated carbocycles. The Kier molecular flexibility index (Phi) is 2.23. The molecule has 3 nitrogen and oxygen atoms in total. The molecular weight excluding hydrogens is 140 g/mol. The predicted octanol–water partition coefficient (Wildman–Crippen LogP) is 0.799. The summed E-state index contributed by atoms with van der Waals surface area (Å²) in [5.41, 5.74) is 7.37. The summed E-state index contributed by atoms with van der Waals surface area (Å²) in [6.45, 7) is 3.46. The SMILES string of the molecule is C=Cc1cc(N)cc(CO)n1. The van der Waals surface area contributed by atoms with Crippen LogP contribution in [0.1, 0.15) is 11.4 Å². The Morgan fingerprint density at radius 3 is 2.91 bits per heavy atom. The van der Waals surface area contributed by atoms with E-state index in [1.807, 2.05) is 0 Å². The summed E-state index contributed by atoms with van der Waals surface area (Å²) >= 11 is 0. The predicted molar refractivity (Wildman–Crippen MR) is 44.7 cm³/mol. The van der Waals surface area contributed by atoms with Crippen LogP contribution in [0.4, 0.5) is 5.69 Å². The highest BCUT2D eigenvalue weighted by molar-refractivity contribution is 5.50. The van der Waals surface area contributed by atoms with E-state index >= 15 is 0 Å². The highest BCUT2D eigenvalue weighted by Crippen LogP contribution is 2.08. The maximum atomic E-state index is 8.73. The van der Waals surface area contributed by atoms with Crippen LogP contribution in [-0.4, -0.2) is 10.1 Å². The Morgan fingerprint density at radius 2 is 2.36 bits per heavy atom. The molecular formula is C8H10N2O. The van der Waals surface area contributed by atoms with Gasteiger partial charge in [0.2, 0.25) is 0 Å². The Bertz CT molecular complexity index is 271. The van der Waals surface area contributed by atoms with Gasteiger partial charge in [0, 0.05) is 5.69 Å². The third-order valence-corrected chi connectivity index (χ3v) is 1.29. The summed E-state index contributed by atoms with van der Waals surface area (Å²) in [4.78, 5) is 4.02. The number of nitrogen functional groups attached to an aromatic ring is 1. The van der Waals surface area contributed by atoms with E-state index in [1.54, 1.807) is 18.2 Å². The van der Waals surface area contributed by atoms with Crippen LogP contribution in [0, 0.1) is 0 Å². The summed E-state index contributed by atoms with van der Waals surface area (Å²) in [7, 11) is 0. The van der Waals surface area contributed by atoms with Crippen LogP contribution in [0.25, 0.3) is 6.08 Å². The average Bonchev–Trinajstić information content (AvgIpc) is 2.03. The van der Waals surface area contributed by atoms with Gasteiger partial charge in [-0.1, -0.05) is 6.58 Å². The van der Waals surface area contributed by atoms with Gasteiger partial charge in [-0.3, -0.25) is 4.98 Å². The van der Waals surface area contributed by atoms with Crippen molar-refractivity contribution in [2.45, 2.75) is 6.61 Å². The molecule has 11 heavy (non-hydrogen) atoms. The van der Waals surface area contributed by atoms with Crippen molar-refractivity contribution in [1.82, 2.24) is 4.98 Å². The summed E-state index contributed by atoms with van der Waals surface area (Å²) in [6, 6.07) is 3.33. The molecule has 58 valence electrons. The van der Waals surface area contributed by atoms with Crippen molar-refractivity contribution < 1.29 is 5.11 Å². The van der Waals surface area contributed by atoms with Crippen LogP contribution in [0.2, 0.25) is 0 Å². The van der Waals surface area contributed by atoms with Crippen molar-refractivity contribution in [3.8, 4) is 0 Å². The number of pyridine rings is 1. The zero-order chi connectivity index (χ0) is 8.27. The second kappa shape index (κ2) is 3.16. The molecule has 0 aromatic carbocycles. The molecule has 0 aliphatic carbocycles. The lowest BCUT2D eigenvalue weighted by molar-refractivity contribution is 0.277. The molecule has 0 radical (unpaired) electrons. The fourth-order valence-electron chi connectivity index (χ4n) is 0.821. The van der Waals surface area contributed by atoms with E-state index in [2.05, 4.69) is 11.6 Å². The molecule has 0 amide bonds. The molecule has 0 spiro atoms. The van der Waals surface area contributed by atoms with E-state index in [0.29, 0.717) is 17.1 Å². The molecule has 1 rings (SSSR count). The van der Waals surface area contributed by atoms with Crippen LogP contribution in [0.15, 0.2) is 18.7 Å². The van der Waals surface area contributed by atoms with Crippen molar-refractivity contribution in [3.63, 3.8) is 0 Å². The maximum absolute atomic E-state index is 8.73. The average molecular weight is 150 g/mol. The quantitative estimate of drug-likeness (QED) is 0.655. The molecule has 3 heteroatoms. The van der Waals surface area contributed by atoms with Gasteiger partial charge in [0.1, 0.15) is 0 Å². The standard InChI is InChI=1S/C8H10N2O/c1-2-7-3-6(9)4-8(5-11)10-7/h2-4,11H,1,5H2,(H2,9,10). The van der Waals surface area contributed by atoms with Crippen LogP contribution < -0.4 is 5.73 Å². The van der Waals surface area contributed by atoms with E-state index in [0.717, 1.165) is 0 Å². The number of aromatic nitrogens is 1. The number of nitrogens with zero attached hydrogens (tertiary/aromatic N) is 1. The van der Waals surface area contributed by atoms with Crippen LogP contribution in [0.5, 0.6) is 0 Å². The van der Waals surface area contributed by atoms with Crippen molar-refractivity contribution in [2.75, 3.05) is 5.73 Å². The van der Waals surface area contributed by atoms with E-state index in [9.17, 15) is 0 Å². The minimum Gasteiger partial charge on any atom is -0.399 e. The molecule has 3 N–H and O–H groups in total. The smallest absolute Gasteiger partial charge is 0.0854 e. The zero-order valence-electron chi connectivity index (χ0n) is 6.12. The molecule has 0 saturated heterocycles. The molecule has 1 aromatic heterocycles. The topological polar surface area (TPSA) is 59.1 Å². The van der Waals surface area contributed by atoms with E-state index in [-0.39, 0.29) is 6.61 Å². The Hall–Kier alpha value is -1.35. The number of aliphatic hydroxyl groups excluding tert-OH is 1. The van der Waals surface area contributed by atoms with Crippen LogP contribution in [-0.2, 0) is 6.61 Å². The third-order valence-electron chi connectivity index (χ3n) is 1.29. The van der Waals surface area contributed by atoms with Crippen molar-refractivity contribution in [2.24, 2.45) is 0 Å². The highest BCUT2D eigenvalue weighted by atomic mass is 16.3. The number of aliphatic hydroxyl groups is 1. The first kappa shape index (κ1) is 7.75. The maximum Gasteiger partial charge on any atom is 0.0854 e. The lowest BCUT2D eigenvalue weighted by Crippen LogP contribution is -1.95. The number of hydrogen-bond acceptors (Lipinski definition) is 3. The van der Waals surface area contributed by atoms with Crippen LogP contribution >= 0.6 is 0 Å². The van der Waals surface area contributed by atoms with Gasteiger partial charge in [0.15, 0.2) is 0 Å². The summed E-state index contributed by atoms with van der Waals surface area (Å²) < 4.78 is 0. The fourth-order valence-corrected chi connectivity index (χ4v) is 0.821. The van der Waals surface area contributed by atoms with Gasteiger partial charge >= 0.3 is 0 Å². The first-order chi connectivity index (χ1) is 5.26. The second-order valence-corrected chi connectivity index (χ2v) is 2.18. The van der Waals surface area contributed by atoms with E-state index < -0.39 is 0 Å². The van der Waals surface area contributed by atoms with Gasteiger partial charge in [0.25, 0.3) is 0 Å². The van der Waals surface area contributed by atoms with Gasteiger partial charge in [-0.05, 0) is 18.2 Å². The Labute approximate surface area is 65.2 Å². The third kappa shape index (κ3) is 1.78. The lowest BCUT2D eigenvalue weighted by atomic mass is 10.2. The Balaban J connectivity index is 3.11. The zero-order valence-corrected chi connectivity index (χ0v) is 6.12. The lowest BCUT2D eigenvalue weighted by Gasteiger charge is -1.99. The molecule has 1 aromatic rings. The van der Waals surface area contributed by atoms with Gasteiger partial charge in [0.05, 0.1) is 18.0 Å². The largest absolute Gasteiger partial charge is 0.399 e. The number of hydrogen-bond donors (Lipinski definition) is 2. The molecule has 0 bridgehead atoms. The van der Waals surface area contributed by atoms with Crippen molar-refractivity contribution in [1.29, 1.82) is 0 Å². The molecule has 0 atom stereocenters. The minimum atomic E-state index is -0.0914. The normalized spacial score (nSPS) is 9.55. The number of nitrogens with two attached hydrogens (primary N) is 1. The molecule has 0 aliphatic heterocycles. The summed E-state index contributed by atoms with van der Waals surface area (Å²) in [5.74, 6) is 0. The minimum absolute atomic E-state index is 0.0914. The van der Waals surface area contributed by atoms with E-state index in [4.69, 9.17) is 10.8 Å². The monoisotopic (exact) mass is 150 g/mol. The van der Waals surface area contributed by atoms with Crippen molar-refractivity contribution in [3.05, 3.63) is 30.1 Å². The molecule has 0 fully saturated rings. The second-order valence-electron chi connectivity index (χ2n) is 2.18. The van der Waals surface area contributed by atoms with Crippen molar-refractivity contribution >= 4 is 11.8 Å². The van der Waals surface area contributed by atoms with E-state index in [1.165, 1.54) is 0 Å². The molecule has 1 heterocycles.